The van der Waals surface area contributed by atoms with Crippen LogP contribution < -0.4 is 4.90 Å². The summed E-state index contributed by atoms with van der Waals surface area (Å²) in [5.41, 5.74) is 3.54. The number of rotatable bonds is 5. The average molecular weight is 357 g/mol. The number of benzene rings is 2. The lowest BCUT2D eigenvalue weighted by Crippen LogP contribution is -3.13. The lowest BCUT2D eigenvalue weighted by molar-refractivity contribution is -0.917. The van der Waals surface area contributed by atoms with Crippen LogP contribution in [0, 0.1) is 6.92 Å². The summed E-state index contributed by atoms with van der Waals surface area (Å²) in [4.78, 5) is 1.44. The molecule has 5 heteroatoms. The fourth-order valence-electron chi connectivity index (χ4n) is 3.13. The molecule has 0 radical (unpaired) electrons. The van der Waals surface area contributed by atoms with E-state index in [-0.39, 0.29) is 0 Å². The molecular weight excluding hydrogens is 332 g/mol. The van der Waals surface area contributed by atoms with Gasteiger partial charge in [-0.05, 0) is 24.1 Å². The molecule has 1 heterocycles. The molecule has 25 heavy (non-hydrogen) atoms. The molecule has 1 aliphatic heterocycles. The van der Waals surface area contributed by atoms with Crippen LogP contribution in [0.15, 0.2) is 60.0 Å². The highest BCUT2D eigenvalue weighted by Gasteiger charge is 2.27. The third-order valence-electron chi connectivity index (χ3n) is 4.72. The molecule has 3 rings (SSSR count). The fraction of sp³-hybridized carbons (Fsp3) is 0.300. The number of hydrogen-bond donors (Lipinski definition) is 1. The molecule has 1 N–H and O–H groups in total. The van der Waals surface area contributed by atoms with Crippen LogP contribution >= 0.6 is 0 Å². The maximum Gasteiger partial charge on any atom is 0.236 e. The molecular formula is C20H25N2O2S+. The van der Waals surface area contributed by atoms with Crippen molar-refractivity contribution in [1.29, 1.82) is 0 Å². The Morgan fingerprint density at radius 1 is 1.00 bits per heavy atom. The summed E-state index contributed by atoms with van der Waals surface area (Å²) in [5.74, 6) is 0. The van der Waals surface area contributed by atoms with Crippen molar-refractivity contribution in [2.45, 2.75) is 13.5 Å². The van der Waals surface area contributed by atoms with Gasteiger partial charge in [-0.15, -0.1) is 0 Å². The summed E-state index contributed by atoms with van der Waals surface area (Å²) in [6, 6.07) is 17.9. The molecule has 4 nitrogen and oxygen atoms in total. The molecule has 0 aromatic heterocycles. The first-order valence-corrected chi connectivity index (χ1v) is 10.2. The van der Waals surface area contributed by atoms with Gasteiger partial charge >= 0.3 is 0 Å². The van der Waals surface area contributed by atoms with E-state index in [0.717, 1.165) is 25.2 Å². The zero-order valence-corrected chi connectivity index (χ0v) is 15.4. The van der Waals surface area contributed by atoms with Crippen LogP contribution in [0.2, 0.25) is 0 Å². The van der Waals surface area contributed by atoms with Crippen LogP contribution in [0.25, 0.3) is 6.08 Å². The van der Waals surface area contributed by atoms with E-state index in [1.165, 1.54) is 21.4 Å². The lowest BCUT2D eigenvalue weighted by Gasteiger charge is -2.31. The molecule has 1 fully saturated rings. The molecule has 0 unspecified atom stereocenters. The van der Waals surface area contributed by atoms with Crippen molar-refractivity contribution in [2.24, 2.45) is 0 Å². The van der Waals surface area contributed by atoms with E-state index in [0.29, 0.717) is 13.1 Å². The zero-order valence-electron chi connectivity index (χ0n) is 14.6. The second-order valence-electron chi connectivity index (χ2n) is 6.51. The van der Waals surface area contributed by atoms with Gasteiger partial charge in [0, 0.05) is 11.0 Å². The number of aryl methyl sites for hydroxylation is 1. The Morgan fingerprint density at radius 2 is 1.64 bits per heavy atom. The normalized spacial score (nSPS) is 17.2. The molecule has 132 valence electrons. The minimum atomic E-state index is -3.35. The smallest absolute Gasteiger partial charge is 0.236 e. The predicted molar refractivity (Wildman–Crippen MR) is 102 cm³/mol. The standard InChI is InChI=1S/C20H24N2O2S/c1-18-7-5-6-10-20(18)17-21-12-14-22(15-13-21)25(23,24)16-11-19-8-3-2-4-9-19/h2-11,16H,12-15,17H2,1H3/p+1/b16-11+. The number of piperazine rings is 1. The van der Waals surface area contributed by atoms with Crippen LogP contribution in [-0.4, -0.2) is 38.9 Å². The van der Waals surface area contributed by atoms with Crippen molar-refractivity contribution in [1.82, 2.24) is 4.31 Å². The van der Waals surface area contributed by atoms with Crippen molar-refractivity contribution in [3.05, 3.63) is 76.7 Å². The Hall–Kier alpha value is -1.95. The van der Waals surface area contributed by atoms with Crippen LogP contribution in [0.1, 0.15) is 16.7 Å². The second-order valence-corrected chi connectivity index (χ2v) is 8.33. The van der Waals surface area contributed by atoms with E-state index in [1.54, 1.807) is 10.4 Å². The Labute approximate surface area is 150 Å². The molecule has 0 saturated carbocycles. The predicted octanol–water partition coefficient (Wildman–Crippen LogP) is 1.70. The SMILES string of the molecule is Cc1ccccc1C[NH+]1CCN(S(=O)(=O)/C=C/c2ccccc2)CC1. The van der Waals surface area contributed by atoms with Crippen LogP contribution in [0.3, 0.4) is 0 Å². The van der Waals surface area contributed by atoms with Gasteiger partial charge in [0.2, 0.25) is 10.0 Å². The summed E-state index contributed by atoms with van der Waals surface area (Å²) >= 11 is 0. The van der Waals surface area contributed by atoms with Gasteiger partial charge in [-0.3, -0.25) is 0 Å². The quantitative estimate of drug-likeness (QED) is 0.885. The first-order chi connectivity index (χ1) is 12.0. The van der Waals surface area contributed by atoms with Crippen molar-refractivity contribution in [3.63, 3.8) is 0 Å². The zero-order chi connectivity index (χ0) is 17.7. The molecule has 2 aromatic carbocycles. The monoisotopic (exact) mass is 357 g/mol. The first-order valence-electron chi connectivity index (χ1n) is 8.66. The van der Waals surface area contributed by atoms with Crippen molar-refractivity contribution in [2.75, 3.05) is 26.2 Å². The highest BCUT2D eigenvalue weighted by atomic mass is 32.2. The molecule has 0 spiro atoms. The van der Waals surface area contributed by atoms with Crippen LogP contribution in [0.5, 0.6) is 0 Å². The third kappa shape index (κ3) is 4.78. The maximum absolute atomic E-state index is 12.5. The van der Waals surface area contributed by atoms with Crippen LogP contribution in [0.4, 0.5) is 0 Å². The molecule has 0 bridgehead atoms. The Kier molecular flexibility index (Phi) is 5.68. The van der Waals surface area contributed by atoms with Gasteiger partial charge < -0.3 is 4.90 Å². The second kappa shape index (κ2) is 7.95. The van der Waals surface area contributed by atoms with Gasteiger partial charge in [0.25, 0.3) is 0 Å². The van der Waals surface area contributed by atoms with E-state index >= 15 is 0 Å². The maximum atomic E-state index is 12.5. The van der Waals surface area contributed by atoms with Crippen LogP contribution in [-0.2, 0) is 16.6 Å². The molecule has 1 aliphatic rings. The molecule has 0 aliphatic carbocycles. The van der Waals surface area contributed by atoms with E-state index in [1.807, 2.05) is 30.3 Å². The summed E-state index contributed by atoms with van der Waals surface area (Å²) in [6.07, 6.45) is 1.67. The number of sulfonamides is 1. The molecule has 1 saturated heterocycles. The topological polar surface area (TPSA) is 41.8 Å². The van der Waals surface area contributed by atoms with Crippen molar-refractivity contribution >= 4 is 16.1 Å². The minimum Gasteiger partial charge on any atom is -0.329 e. The summed E-state index contributed by atoms with van der Waals surface area (Å²) in [5, 5.41) is 1.33. The highest BCUT2D eigenvalue weighted by Crippen LogP contribution is 2.09. The van der Waals surface area contributed by atoms with Gasteiger partial charge in [-0.25, -0.2) is 8.42 Å². The van der Waals surface area contributed by atoms with Crippen molar-refractivity contribution < 1.29 is 13.3 Å². The highest BCUT2D eigenvalue weighted by molar-refractivity contribution is 7.92. The molecule has 2 aromatic rings. The number of hydrogen-bond acceptors (Lipinski definition) is 2. The average Bonchev–Trinajstić information content (AvgIpc) is 2.63. The Bertz CT molecular complexity index is 824. The van der Waals surface area contributed by atoms with Gasteiger partial charge in [-0.1, -0.05) is 54.6 Å². The molecule has 0 amide bonds. The van der Waals surface area contributed by atoms with E-state index in [4.69, 9.17) is 0 Å². The van der Waals surface area contributed by atoms with E-state index in [9.17, 15) is 8.42 Å². The Balaban J connectivity index is 1.58. The fourth-order valence-corrected chi connectivity index (χ4v) is 4.32. The molecule has 0 atom stereocenters. The number of quaternary nitrogens is 1. The van der Waals surface area contributed by atoms with Gasteiger partial charge in [0.15, 0.2) is 0 Å². The van der Waals surface area contributed by atoms with Gasteiger partial charge in [0.1, 0.15) is 6.54 Å². The lowest BCUT2D eigenvalue weighted by atomic mass is 10.1. The third-order valence-corrected chi connectivity index (χ3v) is 6.29. The summed E-state index contributed by atoms with van der Waals surface area (Å²) < 4.78 is 26.6. The largest absolute Gasteiger partial charge is 0.329 e. The van der Waals surface area contributed by atoms with Gasteiger partial charge in [0.05, 0.1) is 26.2 Å². The van der Waals surface area contributed by atoms with Crippen molar-refractivity contribution in [3.8, 4) is 0 Å². The summed E-state index contributed by atoms with van der Waals surface area (Å²) in [6.45, 7) is 5.91. The minimum absolute atomic E-state index is 0.572. The first kappa shape index (κ1) is 17.9. The number of nitrogens with zero attached hydrogens (tertiary/aromatic N) is 1. The summed E-state index contributed by atoms with van der Waals surface area (Å²) in [7, 11) is -3.35. The van der Waals surface area contributed by atoms with Gasteiger partial charge in [-0.2, -0.15) is 4.31 Å². The number of nitrogens with one attached hydrogen (secondary N) is 1. The van der Waals surface area contributed by atoms with E-state index in [2.05, 4.69) is 31.2 Å². The Morgan fingerprint density at radius 3 is 2.32 bits per heavy atom. The van der Waals surface area contributed by atoms with E-state index < -0.39 is 10.0 Å².